The van der Waals surface area contributed by atoms with Crippen LogP contribution >= 0.6 is 0 Å². The highest BCUT2D eigenvalue weighted by Gasteiger charge is 2.23. The van der Waals surface area contributed by atoms with E-state index in [1.165, 1.54) is 0 Å². The maximum Gasteiger partial charge on any atom is 0.228 e. The van der Waals surface area contributed by atoms with E-state index >= 15 is 0 Å². The molecule has 1 saturated heterocycles. The first-order valence-electron chi connectivity index (χ1n) is 5.15. The van der Waals surface area contributed by atoms with E-state index in [1.54, 1.807) is 19.4 Å². The van der Waals surface area contributed by atoms with E-state index in [-0.39, 0.29) is 0 Å². The molecule has 1 aliphatic heterocycles. The average molecular weight is 208 g/mol. The Bertz CT molecular complexity index is 331. The van der Waals surface area contributed by atoms with Crippen molar-refractivity contribution in [3.8, 4) is 5.88 Å². The molecular formula is C10H16N4O. The van der Waals surface area contributed by atoms with Gasteiger partial charge in [-0.15, -0.1) is 0 Å². The molecule has 0 saturated carbocycles. The van der Waals surface area contributed by atoms with Gasteiger partial charge >= 0.3 is 0 Å². The van der Waals surface area contributed by atoms with Gasteiger partial charge in [-0.2, -0.15) is 4.98 Å². The van der Waals surface area contributed by atoms with Gasteiger partial charge in [0.2, 0.25) is 11.8 Å². The van der Waals surface area contributed by atoms with Gasteiger partial charge in [-0.05, 0) is 18.9 Å². The molecule has 5 nitrogen and oxygen atoms in total. The normalized spacial score (nSPS) is 20.7. The van der Waals surface area contributed by atoms with Crippen LogP contribution < -0.4 is 15.4 Å². The van der Waals surface area contributed by atoms with Gasteiger partial charge in [0.15, 0.2) is 0 Å². The predicted octanol–water partition coefficient (Wildman–Crippen LogP) is 0.270. The Balaban J connectivity index is 2.09. The van der Waals surface area contributed by atoms with Gasteiger partial charge < -0.3 is 15.4 Å². The third-order valence-electron chi connectivity index (χ3n) is 2.73. The van der Waals surface area contributed by atoms with E-state index in [4.69, 9.17) is 10.5 Å². The molecule has 1 aliphatic rings. The molecule has 15 heavy (non-hydrogen) atoms. The number of rotatable bonds is 3. The highest BCUT2D eigenvalue weighted by molar-refractivity contribution is 5.33. The summed E-state index contributed by atoms with van der Waals surface area (Å²) < 4.78 is 5.07. The Kier molecular flexibility index (Phi) is 3.01. The zero-order chi connectivity index (χ0) is 10.7. The van der Waals surface area contributed by atoms with Gasteiger partial charge in [0.05, 0.1) is 7.11 Å². The number of hydrogen-bond donors (Lipinski definition) is 1. The number of methoxy groups -OCH3 is 1. The van der Waals surface area contributed by atoms with Gasteiger partial charge in [-0.1, -0.05) is 0 Å². The van der Waals surface area contributed by atoms with E-state index < -0.39 is 0 Å². The van der Waals surface area contributed by atoms with Gasteiger partial charge in [-0.25, -0.2) is 4.98 Å². The summed E-state index contributed by atoms with van der Waals surface area (Å²) in [4.78, 5) is 10.7. The number of nitrogens with zero attached hydrogens (tertiary/aromatic N) is 3. The Labute approximate surface area is 89.3 Å². The molecule has 2 N–H and O–H groups in total. The maximum absolute atomic E-state index is 5.64. The van der Waals surface area contributed by atoms with Crippen LogP contribution in [0.5, 0.6) is 5.88 Å². The minimum atomic E-state index is 0.569. The number of ether oxygens (including phenoxy) is 1. The number of nitrogens with two attached hydrogens (primary N) is 1. The molecule has 1 aromatic rings. The second-order valence-electron chi connectivity index (χ2n) is 3.74. The molecule has 5 heteroatoms. The molecule has 0 amide bonds. The third kappa shape index (κ3) is 2.18. The number of hydrogen-bond acceptors (Lipinski definition) is 5. The highest BCUT2D eigenvalue weighted by atomic mass is 16.5. The minimum absolute atomic E-state index is 0.569. The number of aromatic nitrogens is 2. The summed E-state index contributed by atoms with van der Waals surface area (Å²) in [5.74, 6) is 1.92. The lowest BCUT2D eigenvalue weighted by atomic mass is 10.1. The standard InChI is InChI=1S/C10H16N4O/c1-15-9-2-4-12-10(13-9)14-5-3-8(6-11)7-14/h2,4,8H,3,5-7,11H2,1H3. The zero-order valence-electron chi connectivity index (χ0n) is 8.89. The van der Waals surface area contributed by atoms with Gasteiger partial charge in [0, 0.05) is 25.4 Å². The first-order valence-corrected chi connectivity index (χ1v) is 5.15. The molecule has 0 aromatic carbocycles. The molecule has 1 fully saturated rings. The highest BCUT2D eigenvalue weighted by Crippen LogP contribution is 2.20. The SMILES string of the molecule is COc1ccnc(N2CCC(CN)C2)n1. The van der Waals surface area contributed by atoms with E-state index in [0.29, 0.717) is 11.8 Å². The summed E-state index contributed by atoms with van der Waals surface area (Å²) in [5, 5.41) is 0. The van der Waals surface area contributed by atoms with Crippen LogP contribution in [0.4, 0.5) is 5.95 Å². The van der Waals surface area contributed by atoms with Crippen LogP contribution in [0, 0.1) is 5.92 Å². The Morgan fingerprint density at radius 1 is 1.67 bits per heavy atom. The van der Waals surface area contributed by atoms with Gasteiger partial charge in [0.1, 0.15) is 0 Å². The van der Waals surface area contributed by atoms with Crippen LogP contribution in [-0.4, -0.2) is 36.7 Å². The first kappa shape index (κ1) is 10.2. The Morgan fingerprint density at radius 3 is 3.20 bits per heavy atom. The van der Waals surface area contributed by atoms with Crippen molar-refractivity contribution in [2.45, 2.75) is 6.42 Å². The molecule has 0 spiro atoms. The lowest BCUT2D eigenvalue weighted by Gasteiger charge is -2.15. The van der Waals surface area contributed by atoms with Crippen molar-refractivity contribution in [2.24, 2.45) is 11.7 Å². The summed E-state index contributed by atoms with van der Waals surface area (Å²) >= 11 is 0. The van der Waals surface area contributed by atoms with E-state index in [2.05, 4.69) is 14.9 Å². The molecule has 0 radical (unpaired) electrons. The van der Waals surface area contributed by atoms with Crippen LogP contribution in [0.1, 0.15) is 6.42 Å². The van der Waals surface area contributed by atoms with Crippen molar-refractivity contribution < 1.29 is 4.74 Å². The van der Waals surface area contributed by atoms with Crippen molar-refractivity contribution in [1.29, 1.82) is 0 Å². The van der Waals surface area contributed by atoms with Crippen molar-refractivity contribution in [2.75, 3.05) is 31.6 Å². The molecule has 0 aliphatic carbocycles. The summed E-state index contributed by atoms with van der Waals surface area (Å²) in [5.41, 5.74) is 5.64. The molecule has 82 valence electrons. The second-order valence-corrected chi connectivity index (χ2v) is 3.74. The lowest BCUT2D eigenvalue weighted by molar-refractivity contribution is 0.397. The van der Waals surface area contributed by atoms with Crippen LogP contribution in [-0.2, 0) is 0 Å². The number of anilines is 1. The van der Waals surface area contributed by atoms with Crippen LogP contribution in [0.15, 0.2) is 12.3 Å². The van der Waals surface area contributed by atoms with Crippen LogP contribution in [0.25, 0.3) is 0 Å². The fourth-order valence-electron chi connectivity index (χ4n) is 1.81. The fraction of sp³-hybridized carbons (Fsp3) is 0.600. The minimum Gasteiger partial charge on any atom is -0.481 e. The quantitative estimate of drug-likeness (QED) is 0.772. The zero-order valence-corrected chi connectivity index (χ0v) is 8.89. The molecule has 1 atom stereocenters. The smallest absolute Gasteiger partial charge is 0.228 e. The summed E-state index contributed by atoms with van der Waals surface area (Å²) in [6, 6.07) is 1.75. The monoisotopic (exact) mass is 208 g/mol. The van der Waals surface area contributed by atoms with Crippen molar-refractivity contribution >= 4 is 5.95 Å². The topological polar surface area (TPSA) is 64.3 Å². The summed E-state index contributed by atoms with van der Waals surface area (Å²) in [6.45, 7) is 2.67. The van der Waals surface area contributed by atoms with Crippen molar-refractivity contribution in [1.82, 2.24) is 9.97 Å². The molecule has 1 aromatic heterocycles. The van der Waals surface area contributed by atoms with Gasteiger partial charge in [-0.3, -0.25) is 0 Å². The van der Waals surface area contributed by atoms with Crippen LogP contribution in [0.3, 0.4) is 0 Å². The fourth-order valence-corrected chi connectivity index (χ4v) is 1.81. The van der Waals surface area contributed by atoms with Crippen LogP contribution in [0.2, 0.25) is 0 Å². The first-order chi connectivity index (χ1) is 7.33. The third-order valence-corrected chi connectivity index (χ3v) is 2.73. The predicted molar refractivity (Wildman–Crippen MR) is 58.0 cm³/mol. The van der Waals surface area contributed by atoms with Crippen molar-refractivity contribution in [3.63, 3.8) is 0 Å². The second kappa shape index (κ2) is 4.44. The van der Waals surface area contributed by atoms with E-state index in [0.717, 1.165) is 32.0 Å². The van der Waals surface area contributed by atoms with Crippen molar-refractivity contribution in [3.05, 3.63) is 12.3 Å². The lowest BCUT2D eigenvalue weighted by Crippen LogP contribution is -2.24. The van der Waals surface area contributed by atoms with E-state index in [1.807, 2.05) is 0 Å². The Morgan fingerprint density at radius 2 is 2.53 bits per heavy atom. The van der Waals surface area contributed by atoms with Gasteiger partial charge in [0.25, 0.3) is 0 Å². The molecule has 2 rings (SSSR count). The summed E-state index contributed by atoms with van der Waals surface area (Å²) in [7, 11) is 1.61. The average Bonchev–Trinajstić information content (AvgIpc) is 2.78. The molecule has 2 heterocycles. The Hall–Kier alpha value is -1.36. The summed E-state index contributed by atoms with van der Waals surface area (Å²) in [6.07, 6.45) is 2.84. The molecule has 1 unspecified atom stereocenters. The largest absolute Gasteiger partial charge is 0.481 e. The van der Waals surface area contributed by atoms with E-state index in [9.17, 15) is 0 Å². The maximum atomic E-state index is 5.64. The molecule has 0 bridgehead atoms. The molecular weight excluding hydrogens is 192 g/mol.